The van der Waals surface area contributed by atoms with Gasteiger partial charge in [-0.15, -0.1) is 0 Å². The van der Waals surface area contributed by atoms with Gasteiger partial charge in [0.1, 0.15) is 0 Å². The monoisotopic (exact) mass is 724 g/mol. The Kier molecular flexibility index (Phi) is 11.1. The third-order valence-corrected chi connectivity index (χ3v) is 11.0. The molecule has 0 radical (unpaired) electrons. The second-order valence-corrected chi connectivity index (χ2v) is 15.2. The van der Waals surface area contributed by atoms with E-state index in [0.29, 0.717) is 28.5 Å². The van der Waals surface area contributed by atoms with Crippen LogP contribution in [0.25, 0.3) is 10.9 Å². The topological polar surface area (TPSA) is 88.4 Å². The average molecular weight is 726 g/mol. The standard InChI is InChI=1S/C41H38Cl2N2O4S/c1-28-25-30(17-21-37(28)43)27-50(48,49)44-24-23-39-35(14-8-9-29-15-18-33(19-16-29)41(46)47)36-26-34(42)20-22-38(36)45(39)40(31-10-4-2-5-11-31)32-12-6-3-7-13-32/h2-7,10-13,15-22,25-26,40,44H,8-9,14,23-24,27H2,1H3,(H,46,47). The van der Waals surface area contributed by atoms with Crippen molar-refractivity contribution in [1.82, 2.24) is 9.29 Å². The molecule has 6 nitrogen and oxygen atoms in total. The number of rotatable bonds is 14. The zero-order chi connectivity index (χ0) is 35.3. The van der Waals surface area contributed by atoms with Crippen LogP contribution in [0.15, 0.2) is 121 Å². The maximum atomic E-state index is 13.3. The number of nitrogens with one attached hydrogen (secondary N) is 1. The quantitative estimate of drug-likeness (QED) is 0.117. The highest BCUT2D eigenvalue weighted by atomic mass is 35.5. The van der Waals surface area contributed by atoms with Gasteiger partial charge in [-0.2, -0.15) is 0 Å². The third kappa shape index (κ3) is 8.31. The molecule has 256 valence electrons. The summed E-state index contributed by atoms with van der Waals surface area (Å²) in [5.41, 5.74) is 8.20. The highest BCUT2D eigenvalue weighted by Gasteiger charge is 2.26. The Bertz CT molecular complexity index is 2180. The number of hydrogen-bond acceptors (Lipinski definition) is 3. The largest absolute Gasteiger partial charge is 0.478 e. The maximum Gasteiger partial charge on any atom is 0.335 e. The summed E-state index contributed by atoms with van der Waals surface area (Å²) in [6.45, 7) is 2.07. The molecule has 50 heavy (non-hydrogen) atoms. The summed E-state index contributed by atoms with van der Waals surface area (Å²) in [7, 11) is -3.65. The second kappa shape index (κ2) is 15.7. The fourth-order valence-corrected chi connectivity index (χ4v) is 8.11. The van der Waals surface area contributed by atoms with Gasteiger partial charge in [0, 0.05) is 39.6 Å². The summed E-state index contributed by atoms with van der Waals surface area (Å²) in [4.78, 5) is 11.4. The lowest BCUT2D eigenvalue weighted by Gasteiger charge is -2.25. The van der Waals surface area contributed by atoms with E-state index in [1.54, 1.807) is 30.3 Å². The van der Waals surface area contributed by atoms with Crippen LogP contribution in [0.5, 0.6) is 0 Å². The lowest BCUT2D eigenvalue weighted by atomic mass is 9.97. The van der Waals surface area contributed by atoms with Crippen molar-refractivity contribution in [3.05, 3.63) is 176 Å². The van der Waals surface area contributed by atoms with Crippen molar-refractivity contribution < 1.29 is 18.3 Å². The van der Waals surface area contributed by atoms with Gasteiger partial charge in [0.2, 0.25) is 10.0 Å². The number of halogens is 2. The van der Waals surface area contributed by atoms with E-state index in [4.69, 9.17) is 23.2 Å². The van der Waals surface area contributed by atoms with E-state index in [0.717, 1.165) is 57.3 Å². The number of aromatic carboxylic acids is 1. The van der Waals surface area contributed by atoms with Gasteiger partial charge in [-0.1, -0.05) is 108 Å². The molecular formula is C41H38Cl2N2O4S. The first-order valence-corrected chi connectivity index (χ1v) is 19.0. The molecule has 0 aliphatic rings. The van der Waals surface area contributed by atoms with Gasteiger partial charge in [0.15, 0.2) is 0 Å². The van der Waals surface area contributed by atoms with Crippen LogP contribution >= 0.6 is 23.2 Å². The molecule has 0 aliphatic carbocycles. The third-order valence-electron chi connectivity index (χ3n) is 9.03. The van der Waals surface area contributed by atoms with E-state index in [-0.39, 0.29) is 23.9 Å². The molecule has 0 bridgehead atoms. The number of carboxylic acid groups (broad SMARTS) is 1. The fourth-order valence-electron chi connectivity index (χ4n) is 6.69. The number of sulfonamides is 1. The van der Waals surface area contributed by atoms with Gasteiger partial charge < -0.3 is 9.67 Å². The zero-order valence-electron chi connectivity index (χ0n) is 27.7. The van der Waals surface area contributed by atoms with Gasteiger partial charge >= 0.3 is 5.97 Å². The average Bonchev–Trinajstić information content (AvgIpc) is 3.39. The summed E-state index contributed by atoms with van der Waals surface area (Å²) in [6, 6.07) is 38.7. The zero-order valence-corrected chi connectivity index (χ0v) is 30.0. The minimum atomic E-state index is -3.65. The first kappa shape index (κ1) is 35.4. The molecule has 0 fully saturated rings. The lowest BCUT2D eigenvalue weighted by molar-refractivity contribution is 0.0697. The molecular weight excluding hydrogens is 687 g/mol. The molecule has 0 atom stereocenters. The van der Waals surface area contributed by atoms with Gasteiger partial charge in [-0.25, -0.2) is 17.9 Å². The van der Waals surface area contributed by atoms with Gasteiger partial charge in [0.25, 0.3) is 0 Å². The molecule has 0 saturated carbocycles. The van der Waals surface area contributed by atoms with Gasteiger partial charge in [-0.3, -0.25) is 0 Å². The Hall–Kier alpha value is -4.40. The molecule has 0 amide bonds. The van der Waals surface area contributed by atoms with Crippen LogP contribution in [0.3, 0.4) is 0 Å². The summed E-state index contributed by atoms with van der Waals surface area (Å²) in [5, 5.41) is 11.6. The summed E-state index contributed by atoms with van der Waals surface area (Å²) in [5.74, 6) is -1.09. The van der Waals surface area contributed by atoms with E-state index < -0.39 is 16.0 Å². The molecule has 5 aromatic carbocycles. The van der Waals surface area contributed by atoms with Gasteiger partial charge in [0.05, 0.1) is 17.4 Å². The van der Waals surface area contributed by atoms with Crippen LogP contribution in [0.4, 0.5) is 0 Å². The van der Waals surface area contributed by atoms with E-state index in [1.807, 2.05) is 67.6 Å². The second-order valence-electron chi connectivity index (χ2n) is 12.5. The predicted octanol–water partition coefficient (Wildman–Crippen LogP) is 9.43. The Balaban J connectivity index is 1.39. The molecule has 6 rings (SSSR count). The molecule has 0 spiro atoms. The number of aryl methyl sites for hydroxylation is 3. The minimum Gasteiger partial charge on any atom is -0.478 e. The fraction of sp³-hybridized carbons (Fsp3) is 0.195. The smallest absolute Gasteiger partial charge is 0.335 e. The number of nitrogens with zero attached hydrogens (tertiary/aromatic N) is 1. The van der Waals surface area contributed by atoms with Crippen LogP contribution in [0.2, 0.25) is 10.0 Å². The molecule has 0 unspecified atom stereocenters. The predicted molar refractivity (Wildman–Crippen MR) is 203 cm³/mol. The van der Waals surface area contributed by atoms with Crippen molar-refractivity contribution in [2.45, 2.75) is 44.4 Å². The van der Waals surface area contributed by atoms with Crippen molar-refractivity contribution in [2.75, 3.05) is 6.54 Å². The number of aromatic nitrogens is 1. The number of fused-ring (bicyclic) bond motifs is 1. The molecule has 0 aliphatic heterocycles. The van der Waals surface area contributed by atoms with Crippen molar-refractivity contribution in [2.24, 2.45) is 0 Å². The summed E-state index contributed by atoms with van der Waals surface area (Å²) >= 11 is 12.8. The Morgan fingerprint density at radius 2 is 1.42 bits per heavy atom. The molecule has 2 N–H and O–H groups in total. The van der Waals surface area contributed by atoms with Crippen LogP contribution in [0.1, 0.15) is 61.9 Å². The van der Waals surface area contributed by atoms with E-state index in [1.165, 1.54) is 0 Å². The highest BCUT2D eigenvalue weighted by Crippen LogP contribution is 2.38. The minimum absolute atomic E-state index is 0.145. The first-order chi connectivity index (χ1) is 24.1. The van der Waals surface area contributed by atoms with Crippen LogP contribution in [-0.2, 0) is 35.0 Å². The first-order valence-electron chi connectivity index (χ1n) is 16.6. The molecule has 1 aromatic heterocycles. The van der Waals surface area contributed by atoms with E-state index in [2.05, 4.69) is 39.6 Å². The van der Waals surface area contributed by atoms with Crippen LogP contribution in [-0.4, -0.2) is 30.6 Å². The lowest BCUT2D eigenvalue weighted by Crippen LogP contribution is -2.28. The van der Waals surface area contributed by atoms with Crippen molar-refractivity contribution in [1.29, 1.82) is 0 Å². The molecule has 6 aromatic rings. The van der Waals surface area contributed by atoms with E-state index >= 15 is 0 Å². The SMILES string of the molecule is Cc1cc(CS(=O)(=O)NCCc2c(CCCc3ccc(C(=O)O)cc3)c3cc(Cl)ccc3n2C(c2ccccc2)c2ccccc2)ccc1Cl. The van der Waals surface area contributed by atoms with Gasteiger partial charge in [-0.05, 0) is 96.0 Å². The molecule has 1 heterocycles. The van der Waals surface area contributed by atoms with Crippen LogP contribution in [0, 0.1) is 6.92 Å². The summed E-state index contributed by atoms with van der Waals surface area (Å²) < 4.78 is 31.9. The van der Waals surface area contributed by atoms with Crippen molar-refractivity contribution >= 4 is 50.1 Å². The number of carbonyl (C=O) groups is 1. The Labute approximate surface area is 303 Å². The van der Waals surface area contributed by atoms with Crippen molar-refractivity contribution in [3.8, 4) is 0 Å². The number of carboxylic acids is 1. The highest BCUT2D eigenvalue weighted by molar-refractivity contribution is 7.88. The number of benzene rings is 5. The maximum absolute atomic E-state index is 13.3. The Morgan fingerprint density at radius 1 is 0.780 bits per heavy atom. The normalized spacial score (nSPS) is 11.8. The van der Waals surface area contributed by atoms with E-state index in [9.17, 15) is 18.3 Å². The van der Waals surface area contributed by atoms with Crippen LogP contribution < -0.4 is 4.72 Å². The summed E-state index contributed by atoms with van der Waals surface area (Å²) in [6.07, 6.45) is 2.71. The molecule has 9 heteroatoms. The van der Waals surface area contributed by atoms with Crippen molar-refractivity contribution in [3.63, 3.8) is 0 Å². The number of hydrogen-bond donors (Lipinski definition) is 2. The Morgan fingerprint density at radius 3 is 2.04 bits per heavy atom. The molecule has 0 saturated heterocycles.